The summed E-state index contributed by atoms with van der Waals surface area (Å²) in [5.41, 5.74) is 2.45. The average molecular weight is 309 g/mol. The van der Waals surface area contributed by atoms with Gasteiger partial charge in [0.15, 0.2) is 0 Å². The Balaban J connectivity index is 1.65. The van der Waals surface area contributed by atoms with Gasteiger partial charge in [0.25, 0.3) is 5.91 Å². The molecule has 1 amide bonds. The highest BCUT2D eigenvalue weighted by Gasteiger charge is 2.08. The molecule has 4 heteroatoms. The van der Waals surface area contributed by atoms with E-state index in [2.05, 4.69) is 5.32 Å². The zero-order valence-corrected chi connectivity index (χ0v) is 12.7. The molecule has 23 heavy (non-hydrogen) atoms. The molecule has 0 unspecified atom stereocenters. The molecule has 0 fully saturated rings. The van der Waals surface area contributed by atoms with Gasteiger partial charge >= 0.3 is 0 Å². The van der Waals surface area contributed by atoms with E-state index < -0.39 is 0 Å². The zero-order valence-electron chi connectivity index (χ0n) is 12.7. The van der Waals surface area contributed by atoms with Crippen molar-refractivity contribution in [2.75, 3.05) is 0 Å². The number of carbonyl (C=O) groups excluding carboxylic acids is 1. The van der Waals surface area contributed by atoms with Crippen molar-refractivity contribution in [3.8, 4) is 11.3 Å². The minimum absolute atomic E-state index is 0.145. The minimum atomic E-state index is -0.286. The second kappa shape index (κ2) is 6.48. The first-order valence-electron chi connectivity index (χ1n) is 7.31. The number of nitrogens with one attached hydrogen (secondary N) is 1. The van der Waals surface area contributed by atoms with E-state index in [0.717, 1.165) is 11.1 Å². The van der Waals surface area contributed by atoms with E-state index in [1.165, 1.54) is 12.1 Å². The number of aryl methyl sites for hydroxylation is 1. The standard InChI is InChI=1S/C19H16FNO2/c1-13-3-2-4-15(11-13)19(22)21-12-17-9-10-18(23-17)14-5-7-16(20)8-6-14/h2-11H,12H2,1H3,(H,21,22). The predicted octanol–water partition coefficient (Wildman–Crippen LogP) is 4.32. The molecule has 0 aliphatic carbocycles. The molecule has 0 bridgehead atoms. The van der Waals surface area contributed by atoms with Crippen LogP contribution in [0.4, 0.5) is 4.39 Å². The largest absolute Gasteiger partial charge is 0.459 e. The Hall–Kier alpha value is -2.88. The quantitative estimate of drug-likeness (QED) is 0.779. The van der Waals surface area contributed by atoms with Crippen LogP contribution in [0.2, 0.25) is 0 Å². The third-order valence-electron chi connectivity index (χ3n) is 3.49. The van der Waals surface area contributed by atoms with Crippen LogP contribution in [0.3, 0.4) is 0 Å². The maximum atomic E-state index is 12.9. The lowest BCUT2D eigenvalue weighted by molar-refractivity contribution is 0.0948. The van der Waals surface area contributed by atoms with Crippen LogP contribution in [0.5, 0.6) is 0 Å². The van der Waals surface area contributed by atoms with Crippen molar-refractivity contribution < 1.29 is 13.6 Å². The number of halogens is 1. The summed E-state index contributed by atoms with van der Waals surface area (Å²) in [5.74, 6) is 0.856. The summed E-state index contributed by atoms with van der Waals surface area (Å²) in [4.78, 5) is 12.1. The molecule has 0 saturated heterocycles. The summed E-state index contributed by atoms with van der Waals surface area (Å²) in [6, 6.07) is 17.1. The summed E-state index contributed by atoms with van der Waals surface area (Å²) < 4.78 is 18.6. The number of furan rings is 1. The third kappa shape index (κ3) is 3.66. The molecule has 3 aromatic rings. The Morgan fingerprint density at radius 2 is 1.87 bits per heavy atom. The van der Waals surface area contributed by atoms with Gasteiger partial charge in [0.05, 0.1) is 6.54 Å². The van der Waals surface area contributed by atoms with E-state index >= 15 is 0 Å². The molecule has 0 aliphatic heterocycles. The average Bonchev–Trinajstić information content (AvgIpc) is 3.02. The van der Waals surface area contributed by atoms with Gasteiger partial charge in [-0.3, -0.25) is 4.79 Å². The molecule has 0 saturated carbocycles. The summed E-state index contributed by atoms with van der Waals surface area (Å²) in [6.45, 7) is 2.24. The Kier molecular flexibility index (Phi) is 4.24. The number of amides is 1. The van der Waals surface area contributed by atoms with E-state index in [4.69, 9.17) is 4.42 Å². The van der Waals surface area contributed by atoms with Gasteiger partial charge in [0.2, 0.25) is 0 Å². The lowest BCUT2D eigenvalue weighted by Crippen LogP contribution is -2.22. The predicted molar refractivity (Wildman–Crippen MR) is 86.5 cm³/mol. The van der Waals surface area contributed by atoms with Crippen molar-refractivity contribution in [3.05, 3.63) is 83.4 Å². The molecule has 1 aromatic heterocycles. The van der Waals surface area contributed by atoms with Crippen molar-refractivity contribution in [2.45, 2.75) is 13.5 Å². The Morgan fingerprint density at radius 3 is 2.61 bits per heavy atom. The number of rotatable bonds is 4. The number of hydrogen-bond donors (Lipinski definition) is 1. The zero-order chi connectivity index (χ0) is 16.2. The van der Waals surface area contributed by atoms with Crippen LogP contribution >= 0.6 is 0 Å². The van der Waals surface area contributed by atoms with Gasteiger partial charge in [-0.25, -0.2) is 4.39 Å². The van der Waals surface area contributed by atoms with Crippen molar-refractivity contribution in [1.82, 2.24) is 5.32 Å². The molecular formula is C19H16FNO2. The van der Waals surface area contributed by atoms with Crippen LogP contribution in [0.25, 0.3) is 11.3 Å². The molecule has 3 nitrogen and oxygen atoms in total. The van der Waals surface area contributed by atoms with E-state index in [1.54, 1.807) is 30.3 Å². The lowest BCUT2D eigenvalue weighted by Gasteiger charge is -2.04. The molecule has 1 heterocycles. The molecule has 0 radical (unpaired) electrons. The fraction of sp³-hybridized carbons (Fsp3) is 0.105. The van der Waals surface area contributed by atoms with Gasteiger partial charge in [-0.2, -0.15) is 0 Å². The molecule has 3 rings (SSSR count). The van der Waals surface area contributed by atoms with Crippen molar-refractivity contribution in [2.24, 2.45) is 0 Å². The fourth-order valence-corrected chi connectivity index (χ4v) is 2.30. The first kappa shape index (κ1) is 15.0. The third-order valence-corrected chi connectivity index (χ3v) is 3.49. The van der Waals surface area contributed by atoms with E-state index in [0.29, 0.717) is 23.6 Å². The number of benzene rings is 2. The molecule has 0 atom stereocenters. The van der Waals surface area contributed by atoms with E-state index in [-0.39, 0.29) is 11.7 Å². The second-order valence-electron chi connectivity index (χ2n) is 5.33. The highest BCUT2D eigenvalue weighted by Crippen LogP contribution is 2.22. The highest BCUT2D eigenvalue weighted by molar-refractivity contribution is 5.94. The van der Waals surface area contributed by atoms with Gasteiger partial charge < -0.3 is 9.73 Å². The highest BCUT2D eigenvalue weighted by atomic mass is 19.1. The van der Waals surface area contributed by atoms with Gasteiger partial charge in [-0.1, -0.05) is 17.7 Å². The summed E-state index contributed by atoms with van der Waals surface area (Å²) >= 11 is 0. The number of carbonyl (C=O) groups is 1. The van der Waals surface area contributed by atoms with Gasteiger partial charge in [-0.05, 0) is 55.5 Å². The van der Waals surface area contributed by atoms with Gasteiger partial charge in [0.1, 0.15) is 17.3 Å². The molecule has 1 N–H and O–H groups in total. The summed E-state index contributed by atoms with van der Waals surface area (Å²) in [7, 11) is 0. The van der Waals surface area contributed by atoms with Crippen LogP contribution in [-0.2, 0) is 6.54 Å². The van der Waals surface area contributed by atoms with Crippen LogP contribution in [-0.4, -0.2) is 5.91 Å². The van der Waals surface area contributed by atoms with Gasteiger partial charge in [-0.15, -0.1) is 0 Å². The number of hydrogen-bond acceptors (Lipinski definition) is 2. The van der Waals surface area contributed by atoms with Crippen molar-refractivity contribution >= 4 is 5.91 Å². The lowest BCUT2D eigenvalue weighted by atomic mass is 10.1. The maximum absolute atomic E-state index is 12.9. The monoisotopic (exact) mass is 309 g/mol. The summed E-state index contributed by atoms with van der Waals surface area (Å²) in [6.07, 6.45) is 0. The Morgan fingerprint density at radius 1 is 1.09 bits per heavy atom. The smallest absolute Gasteiger partial charge is 0.251 e. The first-order chi connectivity index (χ1) is 11.1. The molecular weight excluding hydrogens is 293 g/mol. The first-order valence-corrected chi connectivity index (χ1v) is 7.31. The fourth-order valence-electron chi connectivity index (χ4n) is 2.30. The van der Waals surface area contributed by atoms with Gasteiger partial charge in [0, 0.05) is 11.1 Å². The second-order valence-corrected chi connectivity index (χ2v) is 5.33. The minimum Gasteiger partial charge on any atom is -0.459 e. The molecule has 2 aromatic carbocycles. The molecule has 116 valence electrons. The Labute approximate surface area is 133 Å². The molecule has 0 aliphatic rings. The molecule has 0 spiro atoms. The topological polar surface area (TPSA) is 42.2 Å². The Bertz CT molecular complexity index is 821. The summed E-state index contributed by atoms with van der Waals surface area (Å²) in [5, 5.41) is 2.82. The van der Waals surface area contributed by atoms with Crippen LogP contribution < -0.4 is 5.32 Å². The van der Waals surface area contributed by atoms with Crippen molar-refractivity contribution in [1.29, 1.82) is 0 Å². The van der Waals surface area contributed by atoms with Crippen LogP contribution in [0.15, 0.2) is 65.1 Å². The van der Waals surface area contributed by atoms with Crippen LogP contribution in [0.1, 0.15) is 21.7 Å². The maximum Gasteiger partial charge on any atom is 0.251 e. The normalized spacial score (nSPS) is 10.5. The van der Waals surface area contributed by atoms with E-state index in [9.17, 15) is 9.18 Å². The SMILES string of the molecule is Cc1cccc(C(=O)NCc2ccc(-c3ccc(F)cc3)o2)c1. The van der Waals surface area contributed by atoms with Crippen LogP contribution in [0, 0.1) is 12.7 Å². The van der Waals surface area contributed by atoms with Crippen molar-refractivity contribution in [3.63, 3.8) is 0 Å². The van der Waals surface area contributed by atoms with E-state index in [1.807, 2.05) is 25.1 Å².